The maximum Gasteiger partial charge on any atom is -0.000825 e. The van der Waals surface area contributed by atoms with Crippen molar-refractivity contribution < 1.29 is 0 Å². The Balaban J connectivity index is 1.69. The Morgan fingerprint density at radius 3 is 2.74 bits per heavy atom. The number of hydrogen-bond donors (Lipinski definition) is 2. The van der Waals surface area contributed by atoms with Crippen molar-refractivity contribution in [2.24, 2.45) is 5.92 Å². The first kappa shape index (κ1) is 14.5. The quantitative estimate of drug-likeness (QED) is 0.769. The minimum absolute atomic E-state index is 0.899. The maximum atomic E-state index is 3.59. The summed E-state index contributed by atoms with van der Waals surface area (Å²) in [6.07, 6.45) is 3.83. The van der Waals surface area contributed by atoms with Crippen molar-refractivity contribution in [1.29, 1.82) is 0 Å². The van der Waals surface area contributed by atoms with Crippen LogP contribution in [0.1, 0.15) is 35.1 Å². The Labute approximate surface area is 118 Å². The van der Waals surface area contributed by atoms with Gasteiger partial charge in [-0.3, -0.25) is 0 Å². The van der Waals surface area contributed by atoms with Gasteiger partial charge in [0.25, 0.3) is 0 Å². The van der Waals surface area contributed by atoms with E-state index in [1.165, 1.54) is 48.2 Å². The molecule has 0 saturated carbocycles. The van der Waals surface area contributed by atoms with Gasteiger partial charge < -0.3 is 10.6 Å². The van der Waals surface area contributed by atoms with Crippen LogP contribution in [0.15, 0.2) is 12.1 Å². The molecule has 2 N–H and O–H groups in total. The van der Waals surface area contributed by atoms with Crippen LogP contribution in [0.3, 0.4) is 0 Å². The second-order valence-corrected chi connectivity index (χ2v) is 5.94. The molecule has 1 unspecified atom stereocenters. The third-order valence-corrected chi connectivity index (χ3v) is 4.63. The molecule has 19 heavy (non-hydrogen) atoms. The Bertz CT molecular complexity index is 406. The van der Waals surface area contributed by atoms with Crippen molar-refractivity contribution in [2.75, 3.05) is 26.2 Å². The largest absolute Gasteiger partial charge is 0.316 e. The van der Waals surface area contributed by atoms with E-state index < -0.39 is 0 Å². The molecule has 106 valence electrons. The molecule has 2 rings (SSSR count). The molecule has 1 atom stereocenters. The van der Waals surface area contributed by atoms with E-state index >= 15 is 0 Å². The summed E-state index contributed by atoms with van der Waals surface area (Å²) in [5, 5.41) is 7.02. The van der Waals surface area contributed by atoms with E-state index in [2.05, 4.69) is 43.5 Å². The molecule has 2 nitrogen and oxygen atoms in total. The molecule has 1 aliphatic heterocycles. The molecular weight excluding hydrogens is 232 g/mol. The summed E-state index contributed by atoms with van der Waals surface area (Å²) in [5.41, 5.74) is 5.83. The third-order valence-electron chi connectivity index (χ3n) is 4.63. The summed E-state index contributed by atoms with van der Waals surface area (Å²) < 4.78 is 0. The molecule has 0 radical (unpaired) electrons. The zero-order valence-corrected chi connectivity index (χ0v) is 12.7. The van der Waals surface area contributed by atoms with Crippen LogP contribution in [0.4, 0.5) is 0 Å². The van der Waals surface area contributed by atoms with Crippen LogP contribution in [-0.2, 0) is 6.42 Å². The van der Waals surface area contributed by atoms with Crippen LogP contribution in [0.5, 0.6) is 0 Å². The predicted octanol–water partition coefficient (Wildman–Crippen LogP) is 2.74. The summed E-state index contributed by atoms with van der Waals surface area (Å²) in [6, 6.07) is 4.54. The zero-order valence-electron chi connectivity index (χ0n) is 12.7. The SMILES string of the molecule is Cc1ccc(CCNCCC2CCNC2)c(C)c1C. The summed E-state index contributed by atoms with van der Waals surface area (Å²) in [5.74, 6) is 0.899. The van der Waals surface area contributed by atoms with Gasteiger partial charge in [0.1, 0.15) is 0 Å². The van der Waals surface area contributed by atoms with Gasteiger partial charge in [-0.2, -0.15) is 0 Å². The topological polar surface area (TPSA) is 24.1 Å². The lowest BCUT2D eigenvalue weighted by atomic mass is 9.97. The standard InChI is InChI=1S/C17H28N2/c1-13-4-5-17(15(3)14(13)2)8-11-18-9-6-16-7-10-19-12-16/h4-5,16,18-19H,6-12H2,1-3H3. The first-order chi connectivity index (χ1) is 9.18. The highest BCUT2D eigenvalue weighted by Crippen LogP contribution is 2.17. The minimum Gasteiger partial charge on any atom is -0.316 e. The minimum atomic E-state index is 0.899. The van der Waals surface area contributed by atoms with Crippen LogP contribution < -0.4 is 10.6 Å². The van der Waals surface area contributed by atoms with Gasteiger partial charge in [-0.05, 0) is 94.4 Å². The predicted molar refractivity (Wildman–Crippen MR) is 82.8 cm³/mol. The van der Waals surface area contributed by atoms with Crippen molar-refractivity contribution in [1.82, 2.24) is 10.6 Å². The molecule has 1 heterocycles. The van der Waals surface area contributed by atoms with Crippen LogP contribution in [0.25, 0.3) is 0 Å². The average Bonchev–Trinajstić information content (AvgIpc) is 2.91. The number of rotatable bonds is 6. The van der Waals surface area contributed by atoms with Crippen molar-refractivity contribution >= 4 is 0 Å². The lowest BCUT2D eigenvalue weighted by Crippen LogP contribution is -2.22. The summed E-state index contributed by atoms with van der Waals surface area (Å²) >= 11 is 0. The van der Waals surface area contributed by atoms with E-state index in [4.69, 9.17) is 0 Å². The van der Waals surface area contributed by atoms with Crippen LogP contribution >= 0.6 is 0 Å². The molecule has 2 heteroatoms. The van der Waals surface area contributed by atoms with Gasteiger partial charge in [0.2, 0.25) is 0 Å². The van der Waals surface area contributed by atoms with E-state index in [9.17, 15) is 0 Å². The fraction of sp³-hybridized carbons (Fsp3) is 0.647. The van der Waals surface area contributed by atoms with Gasteiger partial charge in [0.15, 0.2) is 0 Å². The van der Waals surface area contributed by atoms with E-state index in [0.29, 0.717) is 0 Å². The van der Waals surface area contributed by atoms with Crippen molar-refractivity contribution in [2.45, 2.75) is 40.0 Å². The first-order valence-corrected chi connectivity index (χ1v) is 7.65. The summed E-state index contributed by atoms with van der Waals surface area (Å²) in [4.78, 5) is 0. The second-order valence-electron chi connectivity index (χ2n) is 5.94. The molecule has 0 amide bonds. The molecule has 1 aromatic carbocycles. The molecule has 0 bridgehead atoms. The van der Waals surface area contributed by atoms with E-state index in [0.717, 1.165) is 25.4 Å². The maximum absolute atomic E-state index is 3.59. The van der Waals surface area contributed by atoms with Crippen LogP contribution in [-0.4, -0.2) is 26.2 Å². The molecule has 1 saturated heterocycles. The van der Waals surface area contributed by atoms with Gasteiger partial charge >= 0.3 is 0 Å². The zero-order chi connectivity index (χ0) is 13.7. The Hall–Kier alpha value is -0.860. The van der Waals surface area contributed by atoms with Crippen LogP contribution in [0, 0.1) is 26.7 Å². The van der Waals surface area contributed by atoms with Crippen molar-refractivity contribution in [3.8, 4) is 0 Å². The number of nitrogens with one attached hydrogen (secondary N) is 2. The van der Waals surface area contributed by atoms with E-state index in [-0.39, 0.29) is 0 Å². The highest BCUT2D eigenvalue weighted by molar-refractivity contribution is 5.38. The number of hydrogen-bond acceptors (Lipinski definition) is 2. The Kier molecular flexibility index (Phi) is 5.41. The highest BCUT2D eigenvalue weighted by atomic mass is 14.9. The molecule has 1 fully saturated rings. The average molecular weight is 260 g/mol. The molecular formula is C17H28N2. The van der Waals surface area contributed by atoms with Gasteiger partial charge in [0.05, 0.1) is 0 Å². The number of aryl methyl sites for hydroxylation is 1. The molecule has 0 spiro atoms. The van der Waals surface area contributed by atoms with Gasteiger partial charge in [-0.15, -0.1) is 0 Å². The van der Waals surface area contributed by atoms with Gasteiger partial charge in [-0.25, -0.2) is 0 Å². The number of benzene rings is 1. The summed E-state index contributed by atoms with van der Waals surface area (Å²) in [7, 11) is 0. The van der Waals surface area contributed by atoms with Gasteiger partial charge in [-0.1, -0.05) is 12.1 Å². The molecule has 0 aliphatic carbocycles. The van der Waals surface area contributed by atoms with E-state index in [1.807, 2.05) is 0 Å². The lowest BCUT2D eigenvalue weighted by Gasteiger charge is -2.12. The lowest BCUT2D eigenvalue weighted by molar-refractivity contribution is 0.501. The van der Waals surface area contributed by atoms with Crippen molar-refractivity contribution in [3.63, 3.8) is 0 Å². The van der Waals surface area contributed by atoms with Gasteiger partial charge in [0, 0.05) is 0 Å². The first-order valence-electron chi connectivity index (χ1n) is 7.65. The smallest absolute Gasteiger partial charge is 0.000825 e. The fourth-order valence-corrected chi connectivity index (χ4v) is 2.90. The Morgan fingerprint density at radius 1 is 1.16 bits per heavy atom. The Morgan fingerprint density at radius 2 is 2.00 bits per heavy atom. The normalized spacial score (nSPS) is 19.0. The second kappa shape index (κ2) is 7.06. The highest BCUT2D eigenvalue weighted by Gasteiger charge is 2.13. The van der Waals surface area contributed by atoms with Crippen LogP contribution in [0.2, 0.25) is 0 Å². The molecule has 0 aromatic heterocycles. The van der Waals surface area contributed by atoms with E-state index in [1.54, 1.807) is 0 Å². The summed E-state index contributed by atoms with van der Waals surface area (Å²) in [6.45, 7) is 11.4. The molecule has 1 aliphatic rings. The molecule has 1 aromatic rings. The third kappa shape index (κ3) is 4.05. The monoisotopic (exact) mass is 260 g/mol. The van der Waals surface area contributed by atoms with Crippen molar-refractivity contribution in [3.05, 3.63) is 34.4 Å². The fourth-order valence-electron chi connectivity index (χ4n) is 2.90.